The Morgan fingerprint density at radius 2 is 2.14 bits per heavy atom. The van der Waals surface area contributed by atoms with Crippen LogP contribution in [-0.4, -0.2) is 40.6 Å². The van der Waals surface area contributed by atoms with Gasteiger partial charge in [-0.3, -0.25) is 4.79 Å². The lowest BCUT2D eigenvalue weighted by molar-refractivity contribution is -0.122. The summed E-state index contributed by atoms with van der Waals surface area (Å²) in [6.45, 7) is 1.96. The highest BCUT2D eigenvalue weighted by atomic mass is 32.2. The number of rotatable bonds is 7. The van der Waals surface area contributed by atoms with E-state index in [2.05, 4.69) is 10.0 Å². The second-order valence-corrected chi connectivity index (χ2v) is 6.02. The van der Waals surface area contributed by atoms with Crippen LogP contribution in [0.5, 0.6) is 0 Å². The largest absolute Gasteiger partial charge is 0.396 e. The topological polar surface area (TPSA) is 111 Å². The molecule has 0 aromatic heterocycles. The molecule has 0 spiro atoms. The number of anilines is 1. The fourth-order valence-corrected chi connectivity index (χ4v) is 2.67. The standard InChI is InChI=1S/C12H18FN3O4S/c1-8(12(17)15-5-6-20-2)16-21(18,19)9-3-4-11(14)10(13)7-9/h3-4,7-8,16H,5-6,14H2,1-2H3,(H,15,17). The van der Waals surface area contributed by atoms with Gasteiger partial charge in [0.1, 0.15) is 5.82 Å². The first-order valence-electron chi connectivity index (χ1n) is 6.12. The number of carbonyl (C=O) groups is 1. The maximum atomic E-state index is 13.3. The number of hydrogen-bond donors (Lipinski definition) is 3. The first-order chi connectivity index (χ1) is 9.77. The van der Waals surface area contributed by atoms with Gasteiger partial charge in [-0.15, -0.1) is 0 Å². The minimum absolute atomic E-state index is 0.153. The van der Waals surface area contributed by atoms with Crippen molar-refractivity contribution >= 4 is 21.6 Å². The molecule has 21 heavy (non-hydrogen) atoms. The molecule has 1 aromatic carbocycles. The molecule has 1 rings (SSSR count). The summed E-state index contributed by atoms with van der Waals surface area (Å²) in [6.07, 6.45) is 0. The van der Waals surface area contributed by atoms with Gasteiger partial charge in [0.15, 0.2) is 0 Å². The Morgan fingerprint density at radius 3 is 2.71 bits per heavy atom. The molecule has 0 aliphatic rings. The van der Waals surface area contributed by atoms with Gasteiger partial charge in [-0.05, 0) is 25.1 Å². The highest BCUT2D eigenvalue weighted by Gasteiger charge is 2.22. The van der Waals surface area contributed by atoms with Gasteiger partial charge in [-0.25, -0.2) is 12.8 Å². The minimum Gasteiger partial charge on any atom is -0.396 e. The highest BCUT2D eigenvalue weighted by Crippen LogP contribution is 2.16. The Balaban J connectivity index is 2.75. The molecule has 0 aliphatic carbocycles. The van der Waals surface area contributed by atoms with Gasteiger partial charge in [0.05, 0.1) is 23.2 Å². The van der Waals surface area contributed by atoms with E-state index in [1.54, 1.807) is 0 Å². The van der Waals surface area contributed by atoms with Crippen molar-refractivity contribution in [1.82, 2.24) is 10.0 Å². The van der Waals surface area contributed by atoms with E-state index in [4.69, 9.17) is 10.5 Å². The number of nitrogens with two attached hydrogens (primary N) is 1. The van der Waals surface area contributed by atoms with Crippen molar-refractivity contribution in [3.8, 4) is 0 Å². The second kappa shape index (κ2) is 7.34. The van der Waals surface area contributed by atoms with Gasteiger partial charge < -0.3 is 15.8 Å². The smallest absolute Gasteiger partial charge is 0.241 e. The lowest BCUT2D eigenvalue weighted by Crippen LogP contribution is -2.45. The number of nitrogen functional groups attached to an aromatic ring is 1. The summed E-state index contributed by atoms with van der Waals surface area (Å²) in [5.74, 6) is -1.35. The predicted molar refractivity (Wildman–Crippen MR) is 75.5 cm³/mol. The number of benzene rings is 1. The summed E-state index contributed by atoms with van der Waals surface area (Å²) in [7, 11) is -2.53. The number of sulfonamides is 1. The van der Waals surface area contributed by atoms with Gasteiger partial charge in [0.2, 0.25) is 15.9 Å². The average Bonchev–Trinajstić information content (AvgIpc) is 2.41. The Kier molecular flexibility index (Phi) is 6.06. The second-order valence-electron chi connectivity index (χ2n) is 4.31. The first-order valence-corrected chi connectivity index (χ1v) is 7.60. The SMILES string of the molecule is COCCNC(=O)C(C)NS(=O)(=O)c1ccc(N)c(F)c1. The summed E-state index contributed by atoms with van der Waals surface area (Å²) in [4.78, 5) is 11.4. The quantitative estimate of drug-likeness (QED) is 0.478. The van der Waals surface area contributed by atoms with Gasteiger partial charge in [-0.1, -0.05) is 0 Å². The molecule has 0 radical (unpaired) electrons. The molecule has 0 saturated carbocycles. The lowest BCUT2D eigenvalue weighted by atomic mass is 10.3. The Morgan fingerprint density at radius 1 is 1.48 bits per heavy atom. The van der Waals surface area contributed by atoms with Crippen LogP contribution in [0, 0.1) is 5.82 Å². The number of hydrogen-bond acceptors (Lipinski definition) is 5. The molecular weight excluding hydrogens is 301 g/mol. The monoisotopic (exact) mass is 319 g/mol. The Labute approximate surface area is 122 Å². The molecule has 7 nitrogen and oxygen atoms in total. The van der Waals surface area contributed by atoms with E-state index >= 15 is 0 Å². The molecule has 0 saturated heterocycles. The number of amides is 1. The summed E-state index contributed by atoms with van der Waals surface area (Å²) in [5.41, 5.74) is 5.13. The molecule has 1 aromatic rings. The van der Waals surface area contributed by atoms with Crippen molar-refractivity contribution in [3.05, 3.63) is 24.0 Å². The molecule has 118 valence electrons. The first kappa shape index (κ1) is 17.3. The summed E-state index contributed by atoms with van der Waals surface area (Å²) >= 11 is 0. The summed E-state index contributed by atoms with van der Waals surface area (Å²) in [6, 6.07) is 2.10. The molecule has 1 atom stereocenters. The van der Waals surface area contributed by atoms with E-state index in [1.165, 1.54) is 14.0 Å². The van der Waals surface area contributed by atoms with Gasteiger partial charge in [0.25, 0.3) is 0 Å². The van der Waals surface area contributed by atoms with Crippen LogP contribution in [0.1, 0.15) is 6.92 Å². The van der Waals surface area contributed by atoms with Gasteiger partial charge >= 0.3 is 0 Å². The molecule has 0 aliphatic heterocycles. The Hall–Kier alpha value is -1.71. The van der Waals surface area contributed by atoms with Crippen molar-refractivity contribution in [2.45, 2.75) is 17.9 Å². The molecule has 4 N–H and O–H groups in total. The van der Waals surface area contributed by atoms with Gasteiger partial charge in [-0.2, -0.15) is 4.72 Å². The lowest BCUT2D eigenvalue weighted by Gasteiger charge is -2.14. The molecule has 0 fully saturated rings. The van der Waals surface area contributed by atoms with Crippen molar-refractivity contribution in [2.24, 2.45) is 0 Å². The number of carbonyl (C=O) groups excluding carboxylic acids is 1. The fraction of sp³-hybridized carbons (Fsp3) is 0.417. The molecule has 0 heterocycles. The van der Waals surface area contributed by atoms with Crippen molar-refractivity contribution in [2.75, 3.05) is 26.0 Å². The van der Waals surface area contributed by atoms with Crippen molar-refractivity contribution in [1.29, 1.82) is 0 Å². The van der Waals surface area contributed by atoms with Crippen LogP contribution in [0.3, 0.4) is 0 Å². The highest BCUT2D eigenvalue weighted by molar-refractivity contribution is 7.89. The Bertz CT molecular complexity index is 607. The zero-order valence-corrected chi connectivity index (χ0v) is 12.5. The summed E-state index contributed by atoms with van der Waals surface area (Å²) < 4.78 is 44.3. The fourth-order valence-electron chi connectivity index (χ4n) is 1.46. The zero-order valence-electron chi connectivity index (χ0n) is 11.7. The molecule has 1 unspecified atom stereocenters. The van der Waals surface area contributed by atoms with E-state index in [0.717, 1.165) is 18.2 Å². The zero-order chi connectivity index (χ0) is 16.0. The molecule has 9 heteroatoms. The van der Waals surface area contributed by atoms with E-state index in [-0.39, 0.29) is 17.1 Å². The van der Waals surface area contributed by atoms with Crippen molar-refractivity contribution in [3.63, 3.8) is 0 Å². The molecular formula is C12H18FN3O4S. The third kappa shape index (κ3) is 4.96. The van der Waals surface area contributed by atoms with Crippen LogP contribution in [0.25, 0.3) is 0 Å². The van der Waals surface area contributed by atoms with E-state index < -0.39 is 27.8 Å². The van der Waals surface area contributed by atoms with Crippen LogP contribution in [-0.2, 0) is 19.6 Å². The van der Waals surface area contributed by atoms with Gasteiger partial charge in [0, 0.05) is 13.7 Å². The van der Waals surface area contributed by atoms with Crippen LogP contribution >= 0.6 is 0 Å². The molecule has 1 amide bonds. The predicted octanol–water partition coefficient (Wildman–Crippen LogP) is -0.163. The number of nitrogens with one attached hydrogen (secondary N) is 2. The van der Waals surface area contributed by atoms with E-state index in [9.17, 15) is 17.6 Å². The minimum atomic E-state index is -4.01. The van der Waals surface area contributed by atoms with Crippen LogP contribution in [0.2, 0.25) is 0 Å². The average molecular weight is 319 g/mol. The van der Waals surface area contributed by atoms with E-state index in [1.807, 2.05) is 0 Å². The summed E-state index contributed by atoms with van der Waals surface area (Å²) in [5, 5.41) is 2.49. The van der Waals surface area contributed by atoms with Crippen LogP contribution in [0.4, 0.5) is 10.1 Å². The molecule has 0 bridgehead atoms. The van der Waals surface area contributed by atoms with Crippen molar-refractivity contribution < 1.29 is 22.3 Å². The number of methoxy groups -OCH3 is 1. The third-order valence-electron chi connectivity index (χ3n) is 2.61. The maximum absolute atomic E-state index is 13.3. The normalized spacial score (nSPS) is 12.9. The number of halogens is 1. The third-order valence-corrected chi connectivity index (χ3v) is 4.15. The maximum Gasteiger partial charge on any atom is 0.241 e. The number of ether oxygens (including phenoxy) is 1. The van der Waals surface area contributed by atoms with Crippen LogP contribution in [0.15, 0.2) is 23.1 Å². The van der Waals surface area contributed by atoms with E-state index in [0.29, 0.717) is 6.61 Å². The van der Waals surface area contributed by atoms with Crippen LogP contribution < -0.4 is 15.8 Å².